The van der Waals surface area contributed by atoms with Crippen molar-refractivity contribution in [1.29, 1.82) is 0 Å². The quantitative estimate of drug-likeness (QED) is 0.259. The molecule has 3 rings (SSSR count). The smallest absolute Gasteiger partial charge is 0.272 e. The van der Waals surface area contributed by atoms with E-state index in [2.05, 4.69) is 25.9 Å². The van der Waals surface area contributed by atoms with E-state index in [1.807, 2.05) is 37.3 Å². The zero-order chi connectivity index (χ0) is 32.2. The Kier molecular flexibility index (Phi) is 12.9. The fourth-order valence-electron chi connectivity index (χ4n) is 5.06. The highest BCUT2D eigenvalue weighted by atomic mass is 16.5. The zero-order valence-electron chi connectivity index (χ0n) is 26.1. The molecule has 1 aromatic carbocycles. The molecule has 3 N–H and O–H groups in total. The first-order valence-electron chi connectivity index (χ1n) is 15.1. The van der Waals surface area contributed by atoms with Crippen LogP contribution in [0.3, 0.4) is 0 Å². The Morgan fingerprint density at radius 2 is 1.70 bits per heavy atom. The van der Waals surface area contributed by atoms with Crippen molar-refractivity contribution in [2.75, 3.05) is 6.54 Å². The molecule has 0 spiro atoms. The monoisotopic (exact) mass is 608 g/mol. The highest BCUT2D eigenvalue weighted by Crippen LogP contribution is 2.24. The number of amides is 4. The van der Waals surface area contributed by atoms with Crippen LogP contribution in [-0.2, 0) is 30.5 Å². The molecule has 1 aliphatic heterocycles. The van der Waals surface area contributed by atoms with Gasteiger partial charge >= 0.3 is 0 Å². The summed E-state index contributed by atoms with van der Waals surface area (Å²) in [7, 11) is 0. The van der Waals surface area contributed by atoms with Crippen molar-refractivity contribution in [3.8, 4) is 0 Å². The van der Waals surface area contributed by atoms with Gasteiger partial charge in [0, 0.05) is 25.4 Å². The van der Waals surface area contributed by atoms with Gasteiger partial charge in [-0.05, 0) is 23.8 Å². The standard InChI is InChI=1S/C32H44N6O6/c1-6-10-23(18-39)35-30(41)26-15-24(44-19-22-11-8-7-9-12-22)17-38(26)32(43)28(21(4)5)37-31(42)27(20(2)3)36-29(40)25-16-33-13-14-34-25/h7-9,11-14,16,18,20-21,23-24,26-28H,6,10,15,17,19H2,1-5H3,(H,35,41)(H,36,40)(H,37,42)/t23-,24+,26-,27-,28-/m0/s1. The molecule has 12 heteroatoms. The van der Waals surface area contributed by atoms with Gasteiger partial charge in [-0.15, -0.1) is 0 Å². The summed E-state index contributed by atoms with van der Waals surface area (Å²) >= 11 is 0. The maximum Gasteiger partial charge on any atom is 0.272 e. The molecule has 238 valence electrons. The molecule has 0 saturated carbocycles. The Bertz CT molecular complexity index is 1260. The highest BCUT2D eigenvalue weighted by Gasteiger charge is 2.44. The van der Waals surface area contributed by atoms with E-state index in [9.17, 15) is 24.0 Å². The molecular weight excluding hydrogens is 564 g/mol. The van der Waals surface area contributed by atoms with Crippen molar-refractivity contribution in [2.24, 2.45) is 11.8 Å². The van der Waals surface area contributed by atoms with Crippen LogP contribution >= 0.6 is 0 Å². The molecule has 1 aromatic heterocycles. The van der Waals surface area contributed by atoms with E-state index in [-0.39, 0.29) is 30.5 Å². The number of nitrogens with zero attached hydrogens (tertiary/aromatic N) is 3. The summed E-state index contributed by atoms with van der Waals surface area (Å²) in [6.07, 6.45) is 5.80. The summed E-state index contributed by atoms with van der Waals surface area (Å²) < 4.78 is 6.12. The molecule has 2 aromatic rings. The van der Waals surface area contributed by atoms with Crippen LogP contribution in [0.15, 0.2) is 48.9 Å². The first-order valence-corrected chi connectivity index (χ1v) is 15.1. The van der Waals surface area contributed by atoms with Crippen molar-refractivity contribution in [1.82, 2.24) is 30.8 Å². The van der Waals surface area contributed by atoms with Crippen LogP contribution in [0.1, 0.15) is 69.9 Å². The van der Waals surface area contributed by atoms with Gasteiger partial charge < -0.3 is 30.4 Å². The number of likely N-dealkylation sites (tertiary alicyclic amines) is 1. The van der Waals surface area contributed by atoms with Gasteiger partial charge in [0.1, 0.15) is 30.1 Å². The number of nitrogens with one attached hydrogen (secondary N) is 3. The van der Waals surface area contributed by atoms with Crippen LogP contribution in [0, 0.1) is 11.8 Å². The lowest BCUT2D eigenvalue weighted by Gasteiger charge is -2.32. The predicted molar refractivity (Wildman–Crippen MR) is 163 cm³/mol. The topological polar surface area (TPSA) is 160 Å². The average molecular weight is 609 g/mol. The molecule has 0 radical (unpaired) electrons. The first-order chi connectivity index (χ1) is 21.0. The average Bonchev–Trinajstić information content (AvgIpc) is 3.46. The van der Waals surface area contributed by atoms with Gasteiger partial charge in [-0.25, -0.2) is 4.98 Å². The number of aromatic nitrogens is 2. The lowest BCUT2D eigenvalue weighted by Crippen LogP contribution is -2.59. The molecule has 0 aliphatic carbocycles. The second-order valence-corrected chi connectivity index (χ2v) is 11.7. The number of rotatable bonds is 15. The van der Waals surface area contributed by atoms with E-state index in [1.54, 1.807) is 27.7 Å². The van der Waals surface area contributed by atoms with Crippen molar-refractivity contribution in [3.05, 3.63) is 60.2 Å². The molecule has 0 unspecified atom stereocenters. The zero-order valence-corrected chi connectivity index (χ0v) is 26.1. The van der Waals surface area contributed by atoms with Crippen LogP contribution < -0.4 is 16.0 Å². The van der Waals surface area contributed by atoms with Gasteiger partial charge in [0.2, 0.25) is 17.7 Å². The molecule has 5 atom stereocenters. The van der Waals surface area contributed by atoms with E-state index in [0.29, 0.717) is 25.7 Å². The van der Waals surface area contributed by atoms with Crippen molar-refractivity contribution in [3.63, 3.8) is 0 Å². The predicted octanol–water partition coefficient (Wildman–Crippen LogP) is 2.04. The minimum absolute atomic E-state index is 0.0617. The Hall–Kier alpha value is -4.19. The van der Waals surface area contributed by atoms with E-state index < -0.39 is 53.9 Å². The fraction of sp³-hybridized carbons (Fsp3) is 0.531. The van der Waals surface area contributed by atoms with Crippen molar-refractivity contribution in [2.45, 2.75) is 90.8 Å². The summed E-state index contributed by atoms with van der Waals surface area (Å²) in [5.41, 5.74) is 1.02. The van der Waals surface area contributed by atoms with Crippen LogP contribution in [0.25, 0.3) is 0 Å². The molecule has 1 saturated heterocycles. The maximum atomic E-state index is 14.1. The molecular formula is C32H44N6O6. The molecule has 2 heterocycles. The van der Waals surface area contributed by atoms with Gasteiger partial charge in [-0.1, -0.05) is 71.4 Å². The van der Waals surface area contributed by atoms with E-state index in [0.717, 1.165) is 5.56 Å². The van der Waals surface area contributed by atoms with E-state index >= 15 is 0 Å². The third kappa shape index (κ3) is 9.40. The number of carbonyl (C=O) groups excluding carboxylic acids is 5. The van der Waals surface area contributed by atoms with Gasteiger partial charge in [0.25, 0.3) is 5.91 Å². The molecule has 1 fully saturated rings. The Labute approximate surface area is 258 Å². The van der Waals surface area contributed by atoms with Gasteiger partial charge in [-0.2, -0.15) is 0 Å². The Morgan fingerprint density at radius 3 is 2.30 bits per heavy atom. The van der Waals surface area contributed by atoms with Crippen molar-refractivity contribution >= 4 is 29.9 Å². The third-order valence-corrected chi connectivity index (χ3v) is 7.53. The second kappa shape index (κ2) is 16.6. The van der Waals surface area contributed by atoms with E-state index in [1.165, 1.54) is 23.5 Å². The summed E-state index contributed by atoms with van der Waals surface area (Å²) in [5, 5.41) is 8.29. The van der Waals surface area contributed by atoms with Crippen LogP contribution in [0.4, 0.5) is 0 Å². The molecule has 4 amide bonds. The summed E-state index contributed by atoms with van der Waals surface area (Å²) in [6, 6.07) is 6.08. The largest absolute Gasteiger partial charge is 0.372 e. The van der Waals surface area contributed by atoms with Crippen LogP contribution in [0.2, 0.25) is 0 Å². The number of carbonyl (C=O) groups is 5. The van der Waals surface area contributed by atoms with Crippen molar-refractivity contribution < 1.29 is 28.7 Å². The summed E-state index contributed by atoms with van der Waals surface area (Å²) in [4.78, 5) is 74.7. The molecule has 1 aliphatic rings. The third-order valence-electron chi connectivity index (χ3n) is 7.53. The Balaban J connectivity index is 1.79. The number of hydrogen-bond acceptors (Lipinski definition) is 8. The first kappa shape index (κ1) is 34.3. The minimum Gasteiger partial charge on any atom is -0.372 e. The summed E-state index contributed by atoms with van der Waals surface area (Å²) in [6.45, 7) is 9.51. The normalized spacial score (nSPS) is 18.4. The number of hydrogen-bond donors (Lipinski definition) is 3. The number of aldehydes is 1. The fourth-order valence-corrected chi connectivity index (χ4v) is 5.06. The van der Waals surface area contributed by atoms with E-state index in [4.69, 9.17) is 4.74 Å². The highest BCUT2D eigenvalue weighted by molar-refractivity contribution is 5.98. The lowest BCUT2D eigenvalue weighted by atomic mass is 9.98. The second-order valence-electron chi connectivity index (χ2n) is 11.7. The molecule has 44 heavy (non-hydrogen) atoms. The molecule has 0 bridgehead atoms. The van der Waals surface area contributed by atoms with Gasteiger partial charge in [-0.3, -0.25) is 24.2 Å². The van der Waals surface area contributed by atoms with Gasteiger partial charge in [0.15, 0.2) is 0 Å². The van der Waals surface area contributed by atoms with Crippen LogP contribution in [-0.4, -0.2) is 81.6 Å². The summed E-state index contributed by atoms with van der Waals surface area (Å²) in [5.74, 6) is -2.64. The van der Waals surface area contributed by atoms with Crippen LogP contribution in [0.5, 0.6) is 0 Å². The number of benzene rings is 1. The minimum atomic E-state index is -0.988. The Morgan fingerprint density at radius 1 is 1.00 bits per heavy atom. The lowest BCUT2D eigenvalue weighted by molar-refractivity contribution is -0.143. The number of ether oxygens (including phenoxy) is 1. The van der Waals surface area contributed by atoms with Gasteiger partial charge in [0.05, 0.1) is 24.9 Å². The molecule has 12 nitrogen and oxygen atoms in total. The maximum absolute atomic E-state index is 14.1. The SMILES string of the molecule is CCC[C@@H](C=O)NC(=O)[C@@H]1C[C@@H](OCc2ccccc2)CN1C(=O)[C@@H](NC(=O)[C@@H](NC(=O)c1cnccn1)C(C)C)C(C)C.